The first kappa shape index (κ1) is 12.0. The Morgan fingerprint density at radius 1 is 1.26 bits per heavy atom. The van der Waals surface area contributed by atoms with Gasteiger partial charge in [-0.15, -0.1) is 0 Å². The number of aromatic nitrogens is 1. The van der Waals surface area contributed by atoms with Crippen molar-refractivity contribution >= 4 is 34.1 Å². The summed E-state index contributed by atoms with van der Waals surface area (Å²) in [6.45, 7) is 1.92. The summed E-state index contributed by atoms with van der Waals surface area (Å²) in [6, 6.07) is 10.3. The van der Waals surface area contributed by atoms with Gasteiger partial charge in [-0.1, -0.05) is 28.9 Å². The molecule has 3 aromatic rings. The summed E-state index contributed by atoms with van der Waals surface area (Å²) in [5.74, 6) is 0.0365. The largest absolute Gasteiger partial charge is 0.351 e. The molecule has 0 amide bonds. The zero-order chi connectivity index (χ0) is 13.4. The zero-order valence-corrected chi connectivity index (χ0v) is 10.8. The minimum absolute atomic E-state index is 0.142. The number of benzene rings is 2. The van der Waals surface area contributed by atoms with Crippen LogP contribution in [0.1, 0.15) is 5.56 Å². The van der Waals surface area contributed by atoms with E-state index in [1.807, 2.05) is 19.1 Å². The predicted octanol–water partition coefficient (Wildman–Crippen LogP) is 4.67. The van der Waals surface area contributed by atoms with Gasteiger partial charge in [-0.25, -0.2) is 4.39 Å². The fraction of sp³-hybridized carbons (Fsp3) is 0.0714. The first-order valence-corrected chi connectivity index (χ1v) is 6.10. The van der Waals surface area contributed by atoms with E-state index in [0.29, 0.717) is 16.2 Å². The lowest BCUT2D eigenvalue weighted by Crippen LogP contribution is -1.91. The molecule has 0 radical (unpaired) electrons. The molecule has 5 heteroatoms. The fourth-order valence-electron chi connectivity index (χ4n) is 1.83. The van der Waals surface area contributed by atoms with Crippen molar-refractivity contribution in [3.63, 3.8) is 0 Å². The number of rotatable bonds is 2. The zero-order valence-electron chi connectivity index (χ0n) is 10.1. The quantitative estimate of drug-likeness (QED) is 0.739. The molecule has 96 valence electrons. The Kier molecular flexibility index (Phi) is 2.87. The van der Waals surface area contributed by atoms with Crippen molar-refractivity contribution in [2.45, 2.75) is 6.92 Å². The molecule has 3 nitrogen and oxygen atoms in total. The van der Waals surface area contributed by atoms with Crippen molar-refractivity contribution in [2.24, 2.45) is 0 Å². The lowest BCUT2D eigenvalue weighted by atomic mass is 10.2. The minimum Gasteiger partial charge on any atom is -0.351 e. The van der Waals surface area contributed by atoms with Gasteiger partial charge in [-0.2, -0.15) is 0 Å². The summed E-state index contributed by atoms with van der Waals surface area (Å²) >= 11 is 6.05. The molecule has 3 rings (SSSR count). The number of para-hydroxylation sites is 1. The monoisotopic (exact) mass is 276 g/mol. The highest BCUT2D eigenvalue weighted by atomic mass is 35.5. The van der Waals surface area contributed by atoms with Crippen LogP contribution >= 0.6 is 11.6 Å². The van der Waals surface area contributed by atoms with Crippen LogP contribution in [0.15, 0.2) is 40.9 Å². The maximum Gasteiger partial charge on any atom is 0.204 e. The van der Waals surface area contributed by atoms with Crippen LogP contribution in [0.5, 0.6) is 0 Å². The van der Waals surface area contributed by atoms with Gasteiger partial charge in [-0.05, 0) is 36.8 Å². The summed E-state index contributed by atoms with van der Waals surface area (Å²) < 4.78 is 18.5. The van der Waals surface area contributed by atoms with Gasteiger partial charge in [0.1, 0.15) is 0 Å². The van der Waals surface area contributed by atoms with Gasteiger partial charge in [0, 0.05) is 10.7 Å². The van der Waals surface area contributed by atoms with E-state index in [1.54, 1.807) is 18.2 Å². The summed E-state index contributed by atoms with van der Waals surface area (Å²) in [6.07, 6.45) is 0. The van der Waals surface area contributed by atoms with Gasteiger partial charge < -0.3 is 9.84 Å². The number of hydrogen-bond acceptors (Lipinski definition) is 3. The number of nitrogens with one attached hydrogen (secondary N) is 1. The average molecular weight is 277 g/mol. The molecule has 2 aromatic carbocycles. The van der Waals surface area contributed by atoms with Crippen molar-refractivity contribution in [3.05, 3.63) is 52.8 Å². The number of fused-ring (bicyclic) bond motifs is 1. The Morgan fingerprint density at radius 2 is 2.11 bits per heavy atom. The first-order chi connectivity index (χ1) is 9.15. The molecule has 1 heterocycles. The predicted molar refractivity (Wildman–Crippen MR) is 73.4 cm³/mol. The highest BCUT2D eigenvalue weighted by Gasteiger charge is 2.11. The van der Waals surface area contributed by atoms with Crippen molar-refractivity contribution < 1.29 is 8.91 Å². The molecule has 0 saturated carbocycles. The van der Waals surface area contributed by atoms with Crippen LogP contribution in [0, 0.1) is 12.7 Å². The van der Waals surface area contributed by atoms with Gasteiger partial charge in [0.15, 0.2) is 11.6 Å². The van der Waals surface area contributed by atoms with Crippen molar-refractivity contribution in [1.82, 2.24) is 5.16 Å². The van der Waals surface area contributed by atoms with Gasteiger partial charge >= 0.3 is 0 Å². The Hall–Kier alpha value is -2.07. The number of nitrogens with zero attached hydrogens (tertiary/aromatic N) is 1. The molecule has 0 bridgehead atoms. The Balaban J connectivity index is 2.01. The average Bonchev–Trinajstić information content (AvgIpc) is 2.79. The molecule has 0 saturated heterocycles. The van der Waals surface area contributed by atoms with E-state index < -0.39 is 5.82 Å². The Morgan fingerprint density at radius 3 is 2.89 bits per heavy atom. The van der Waals surface area contributed by atoms with E-state index in [9.17, 15) is 4.39 Å². The van der Waals surface area contributed by atoms with E-state index in [1.165, 1.54) is 6.07 Å². The van der Waals surface area contributed by atoms with Gasteiger partial charge in [0.05, 0.1) is 5.39 Å². The third kappa shape index (κ3) is 2.15. The first-order valence-electron chi connectivity index (χ1n) is 5.72. The van der Waals surface area contributed by atoms with E-state index in [0.717, 1.165) is 11.3 Å². The van der Waals surface area contributed by atoms with Crippen molar-refractivity contribution in [3.8, 4) is 0 Å². The molecule has 0 atom stereocenters. The van der Waals surface area contributed by atoms with E-state index in [4.69, 9.17) is 16.1 Å². The number of halogens is 2. The van der Waals surface area contributed by atoms with E-state index in [-0.39, 0.29) is 5.58 Å². The normalized spacial score (nSPS) is 10.9. The number of aryl methyl sites for hydroxylation is 1. The second-order valence-corrected chi connectivity index (χ2v) is 4.64. The Bertz CT molecular complexity index is 754. The summed E-state index contributed by atoms with van der Waals surface area (Å²) in [5.41, 5.74) is 1.90. The molecule has 1 N–H and O–H groups in total. The maximum atomic E-state index is 13.5. The topological polar surface area (TPSA) is 38.1 Å². The summed E-state index contributed by atoms with van der Waals surface area (Å²) in [7, 11) is 0. The van der Waals surface area contributed by atoms with Crippen molar-refractivity contribution in [2.75, 3.05) is 5.32 Å². The smallest absolute Gasteiger partial charge is 0.204 e. The molecule has 0 fully saturated rings. The van der Waals surface area contributed by atoms with Crippen LogP contribution in [-0.2, 0) is 0 Å². The third-order valence-corrected chi connectivity index (χ3v) is 3.29. The second-order valence-electron chi connectivity index (χ2n) is 4.24. The van der Waals surface area contributed by atoms with Gasteiger partial charge in [-0.3, -0.25) is 0 Å². The second kappa shape index (κ2) is 4.55. The maximum absolute atomic E-state index is 13.5. The Labute approximate surface area is 114 Å². The van der Waals surface area contributed by atoms with Crippen LogP contribution in [0.25, 0.3) is 11.0 Å². The molecule has 19 heavy (non-hydrogen) atoms. The molecule has 0 aliphatic heterocycles. The summed E-state index contributed by atoms with van der Waals surface area (Å²) in [5, 5.41) is 8.15. The van der Waals surface area contributed by atoms with Crippen LogP contribution in [0.2, 0.25) is 5.02 Å². The standard InChI is InChI=1S/C14H10ClFN2O/c1-8-5-6-9(7-11(8)15)17-14-10-3-2-4-12(16)13(10)19-18-14/h2-7H,1H3,(H,17,18). The van der Waals surface area contributed by atoms with Crippen LogP contribution in [-0.4, -0.2) is 5.16 Å². The van der Waals surface area contributed by atoms with E-state index in [2.05, 4.69) is 10.5 Å². The number of anilines is 2. The van der Waals surface area contributed by atoms with Crippen LogP contribution in [0.3, 0.4) is 0 Å². The molecule has 0 spiro atoms. The summed E-state index contributed by atoms with van der Waals surface area (Å²) in [4.78, 5) is 0. The lowest BCUT2D eigenvalue weighted by molar-refractivity contribution is 0.443. The van der Waals surface area contributed by atoms with Crippen molar-refractivity contribution in [1.29, 1.82) is 0 Å². The molecule has 0 unspecified atom stereocenters. The molecule has 1 aromatic heterocycles. The highest BCUT2D eigenvalue weighted by Crippen LogP contribution is 2.28. The lowest BCUT2D eigenvalue weighted by Gasteiger charge is -2.05. The third-order valence-electron chi connectivity index (χ3n) is 2.88. The van der Waals surface area contributed by atoms with Crippen LogP contribution < -0.4 is 5.32 Å². The van der Waals surface area contributed by atoms with Crippen LogP contribution in [0.4, 0.5) is 15.9 Å². The SMILES string of the molecule is Cc1ccc(Nc2noc3c(F)cccc23)cc1Cl. The molecular weight excluding hydrogens is 267 g/mol. The number of hydrogen-bond donors (Lipinski definition) is 1. The molecule has 0 aliphatic rings. The highest BCUT2D eigenvalue weighted by molar-refractivity contribution is 6.31. The molecular formula is C14H10ClFN2O. The van der Waals surface area contributed by atoms with Gasteiger partial charge in [0.25, 0.3) is 0 Å². The van der Waals surface area contributed by atoms with E-state index >= 15 is 0 Å². The fourth-order valence-corrected chi connectivity index (χ4v) is 2.01. The minimum atomic E-state index is -0.431. The van der Waals surface area contributed by atoms with Gasteiger partial charge in [0.2, 0.25) is 5.58 Å². The molecule has 0 aliphatic carbocycles.